The summed E-state index contributed by atoms with van der Waals surface area (Å²) in [6, 6.07) is 6.49. The van der Waals surface area contributed by atoms with Gasteiger partial charge in [-0.3, -0.25) is 0 Å². The van der Waals surface area contributed by atoms with Crippen LogP contribution in [0.25, 0.3) is 0 Å². The number of nitrogens with zero attached hydrogens (tertiary/aromatic N) is 2. The van der Waals surface area contributed by atoms with Crippen LogP contribution >= 0.6 is 11.6 Å². The number of hydrogen-bond acceptors (Lipinski definition) is 2. The maximum absolute atomic E-state index is 6.10. The Bertz CT molecular complexity index is 543. The zero-order valence-electron chi connectivity index (χ0n) is 9.65. The fourth-order valence-corrected chi connectivity index (χ4v) is 2.10. The highest BCUT2D eigenvalue weighted by Gasteiger charge is 2.25. The fraction of sp³-hybridized carbons (Fsp3) is 0.308. The van der Waals surface area contributed by atoms with E-state index in [2.05, 4.69) is 14.9 Å². The van der Waals surface area contributed by atoms with E-state index < -0.39 is 0 Å². The van der Waals surface area contributed by atoms with Crippen molar-refractivity contribution in [3.8, 4) is 0 Å². The van der Waals surface area contributed by atoms with Crippen LogP contribution in [-0.4, -0.2) is 9.55 Å². The zero-order chi connectivity index (χ0) is 11.8. The van der Waals surface area contributed by atoms with Crippen LogP contribution in [0.3, 0.4) is 0 Å². The second kappa shape index (κ2) is 4.08. The van der Waals surface area contributed by atoms with Gasteiger partial charge in [0.05, 0.1) is 0 Å². The van der Waals surface area contributed by atoms with E-state index in [-0.39, 0.29) is 0 Å². The Hall–Kier alpha value is -1.48. The molecule has 0 atom stereocenters. The van der Waals surface area contributed by atoms with Gasteiger partial charge in [-0.1, -0.05) is 17.7 Å². The molecule has 1 aromatic heterocycles. The molecule has 1 aromatic carbocycles. The molecule has 88 valence electrons. The summed E-state index contributed by atoms with van der Waals surface area (Å²) in [7, 11) is 0. The molecule has 1 heterocycles. The maximum atomic E-state index is 6.10. The molecule has 17 heavy (non-hydrogen) atoms. The molecule has 3 nitrogen and oxygen atoms in total. The van der Waals surface area contributed by atoms with Crippen molar-refractivity contribution in [3.05, 3.63) is 41.2 Å². The summed E-state index contributed by atoms with van der Waals surface area (Å²) in [5.41, 5.74) is 2.07. The lowest BCUT2D eigenvalue weighted by Crippen LogP contribution is -2.02. The standard InChI is InChI=1S/C13H14ClN3/c1-9-11(14)3-2-4-12(9)16-13-15-7-8-17(13)10-5-6-10/h2-4,7-8,10H,5-6H2,1H3,(H,15,16). The molecule has 0 aliphatic heterocycles. The lowest BCUT2D eigenvalue weighted by Gasteiger charge is -2.11. The number of imidazole rings is 1. The smallest absolute Gasteiger partial charge is 0.207 e. The van der Waals surface area contributed by atoms with E-state index >= 15 is 0 Å². The summed E-state index contributed by atoms with van der Waals surface area (Å²) in [5, 5.41) is 4.13. The van der Waals surface area contributed by atoms with E-state index in [1.807, 2.05) is 37.5 Å². The lowest BCUT2D eigenvalue weighted by atomic mass is 10.2. The number of rotatable bonds is 3. The predicted molar refractivity (Wildman–Crippen MR) is 70.0 cm³/mol. The molecule has 1 fully saturated rings. The molecule has 0 saturated heterocycles. The second-order valence-electron chi connectivity index (χ2n) is 4.43. The molecule has 2 aromatic rings. The average molecular weight is 248 g/mol. The van der Waals surface area contributed by atoms with Crippen LogP contribution in [0, 0.1) is 6.92 Å². The van der Waals surface area contributed by atoms with Crippen LogP contribution in [0.4, 0.5) is 11.6 Å². The SMILES string of the molecule is Cc1c(Cl)cccc1Nc1nccn1C1CC1. The summed E-state index contributed by atoms with van der Waals surface area (Å²) >= 11 is 6.10. The molecular formula is C13H14ClN3. The van der Waals surface area contributed by atoms with Crippen molar-refractivity contribution >= 4 is 23.2 Å². The minimum Gasteiger partial charge on any atom is -0.325 e. The molecule has 0 amide bonds. The van der Waals surface area contributed by atoms with Crippen molar-refractivity contribution in [2.75, 3.05) is 5.32 Å². The average Bonchev–Trinajstić information content (AvgIpc) is 3.06. The highest BCUT2D eigenvalue weighted by atomic mass is 35.5. The maximum Gasteiger partial charge on any atom is 0.207 e. The summed E-state index contributed by atoms with van der Waals surface area (Å²) in [6.07, 6.45) is 6.36. The van der Waals surface area contributed by atoms with Crippen molar-refractivity contribution in [2.45, 2.75) is 25.8 Å². The predicted octanol–water partition coefficient (Wildman–Crippen LogP) is 3.92. The van der Waals surface area contributed by atoms with Gasteiger partial charge in [0.1, 0.15) is 0 Å². The Morgan fingerprint density at radius 2 is 2.24 bits per heavy atom. The van der Waals surface area contributed by atoms with E-state index in [0.717, 1.165) is 22.2 Å². The highest BCUT2D eigenvalue weighted by molar-refractivity contribution is 6.31. The summed E-state index contributed by atoms with van der Waals surface area (Å²) in [4.78, 5) is 4.35. The van der Waals surface area contributed by atoms with Gasteiger partial charge in [0.2, 0.25) is 5.95 Å². The second-order valence-corrected chi connectivity index (χ2v) is 4.83. The first kappa shape index (κ1) is 10.7. The van der Waals surface area contributed by atoms with E-state index in [1.165, 1.54) is 12.8 Å². The third kappa shape index (κ3) is 2.03. The molecule has 0 bridgehead atoms. The lowest BCUT2D eigenvalue weighted by molar-refractivity contribution is 0.751. The first-order chi connectivity index (χ1) is 8.25. The first-order valence-electron chi connectivity index (χ1n) is 5.80. The number of halogens is 1. The molecular weight excluding hydrogens is 234 g/mol. The third-order valence-electron chi connectivity index (χ3n) is 3.12. The monoisotopic (exact) mass is 247 g/mol. The van der Waals surface area contributed by atoms with E-state index in [1.54, 1.807) is 0 Å². The van der Waals surface area contributed by atoms with Crippen LogP contribution in [-0.2, 0) is 0 Å². The Labute approximate surface area is 105 Å². The molecule has 1 aliphatic rings. The Kier molecular flexibility index (Phi) is 2.56. The molecule has 1 saturated carbocycles. The Morgan fingerprint density at radius 1 is 1.41 bits per heavy atom. The first-order valence-corrected chi connectivity index (χ1v) is 6.18. The highest BCUT2D eigenvalue weighted by Crippen LogP contribution is 2.37. The zero-order valence-corrected chi connectivity index (χ0v) is 10.4. The third-order valence-corrected chi connectivity index (χ3v) is 3.53. The van der Waals surface area contributed by atoms with Crippen molar-refractivity contribution in [3.63, 3.8) is 0 Å². The summed E-state index contributed by atoms with van der Waals surface area (Å²) in [5.74, 6) is 0.901. The van der Waals surface area contributed by atoms with Gasteiger partial charge in [0.15, 0.2) is 0 Å². The Balaban J connectivity index is 1.91. The number of hydrogen-bond donors (Lipinski definition) is 1. The molecule has 0 unspecified atom stereocenters. The number of aromatic nitrogens is 2. The minimum absolute atomic E-state index is 0.625. The van der Waals surface area contributed by atoms with Gasteiger partial charge in [0, 0.05) is 29.1 Å². The normalized spacial score (nSPS) is 14.9. The van der Waals surface area contributed by atoms with E-state index in [9.17, 15) is 0 Å². The quantitative estimate of drug-likeness (QED) is 0.891. The van der Waals surface area contributed by atoms with Crippen molar-refractivity contribution < 1.29 is 0 Å². The van der Waals surface area contributed by atoms with Gasteiger partial charge in [-0.05, 0) is 37.5 Å². The summed E-state index contributed by atoms with van der Waals surface area (Å²) < 4.78 is 2.19. The van der Waals surface area contributed by atoms with Crippen LogP contribution in [0.2, 0.25) is 5.02 Å². The van der Waals surface area contributed by atoms with Gasteiger partial charge in [0.25, 0.3) is 0 Å². The number of anilines is 2. The molecule has 0 spiro atoms. The van der Waals surface area contributed by atoms with E-state index in [4.69, 9.17) is 11.6 Å². The molecule has 1 N–H and O–H groups in total. The van der Waals surface area contributed by atoms with E-state index in [0.29, 0.717) is 6.04 Å². The molecule has 1 aliphatic carbocycles. The van der Waals surface area contributed by atoms with Crippen molar-refractivity contribution in [1.82, 2.24) is 9.55 Å². The Morgan fingerprint density at radius 3 is 3.00 bits per heavy atom. The number of nitrogens with one attached hydrogen (secondary N) is 1. The van der Waals surface area contributed by atoms with Crippen LogP contribution in [0.1, 0.15) is 24.4 Å². The van der Waals surface area contributed by atoms with Gasteiger partial charge >= 0.3 is 0 Å². The molecule has 0 radical (unpaired) electrons. The minimum atomic E-state index is 0.625. The topological polar surface area (TPSA) is 29.9 Å². The van der Waals surface area contributed by atoms with Gasteiger partial charge in [-0.15, -0.1) is 0 Å². The largest absolute Gasteiger partial charge is 0.325 e. The number of benzene rings is 1. The van der Waals surface area contributed by atoms with Gasteiger partial charge in [-0.2, -0.15) is 0 Å². The van der Waals surface area contributed by atoms with Crippen molar-refractivity contribution in [2.24, 2.45) is 0 Å². The van der Waals surface area contributed by atoms with Gasteiger partial charge in [-0.25, -0.2) is 4.98 Å². The summed E-state index contributed by atoms with van der Waals surface area (Å²) in [6.45, 7) is 2.01. The molecule has 4 heteroatoms. The van der Waals surface area contributed by atoms with Crippen LogP contribution in [0.5, 0.6) is 0 Å². The fourth-order valence-electron chi connectivity index (χ4n) is 1.92. The van der Waals surface area contributed by atoms with Crippen molar-refractivity contribution in [1.29, 1.82) is 0 Å². The van der Waals surface area contributed by atoms with Crippen LogP contribution < -0.4 is 5.32 Å². The van der Waals surface area contributed by atoms with Gasteiger partial charge < -0.3 is 9.88 Å². The van der Waals surface area contributed by atoms with Crippen LogP contribution in [0.15, 0.2) is 30.6 Å². The molecule has 3 rings (SSSR count).